The molecule has 1 aliphatic heterocycles. The van der Waals surface area contributed by atoms with E-state index in [1.165, 1.54) is 20.8 Å². The Morgan fingerprint density at radius 2 is 1.48 bits per heavy atom. The van der Waals surface area contributed by atoms with Crippen LogP contribution in [-0.4, -0.2) is 59.5 Å². The van der Waals surface area contributed by atoms with Crippen LogP contribution in [0.15, 0.2) is 0 Å². The molecule has 3 amide bonds. The van der Waals surface area contributed by atoms with E-state index in [4.69, 9.17) is 5.11 Å². The van der Waals surface area contributed by atoms with Crippen molar-refractivity contribution in [2.75, 3.05) is 6.54 Å². The summed E-state index contributed by atoms with van der Waals surface area (Å²) in [6, 6.07) is -3.04. The maximum absolute atomic E-state index is 12.0. The van der Waals surface area contributed by atoms with Crippen molar-refractivity contribution >= 4 is 23.7 Å². The molecule has 1 heterocycles. The molecule has 1 aliphatic rings. The minimum Gasteiger partial charge on any atom is -0.480 e. The average Bonchev–Trinajstić information content (AvgIpc) is 3.00. The topological polar surface area (TPSA) is 137 Å². The van der Waals surface area contributed by atoms with Gasteiger partial charge in [0.15, 0.2) is 0 Å². The minimum atomic E-state index is -1.17. The van der Waals surface area contributed by atoms with E-state index in [0.717, 1.165) is 19.4 Å². The molecule has 1 rings (SSSR count). The van der Waals surface area contributed by atoms with Crippen molar-refractivity contribution in [2.45, 2.75) is 57.8 Å². The van der Waals surface area contributed by atoms with Gasteiger partial charge in [-0.1, -0.05) is 0 Å². The molecule has 0 bridgehead atoms. The van der Waals surface area contributed by atoms with Gasteiger partial charge in [-0.2, -0.15) is 0 Å². The van der Waals surface area contributed by atoms with Gasteiger partial charge in [-0.15, -0.1) is 0 Å². The van der Waals surface area contributed by atoms with E-state index in [0.29, 0.717) is 0 Å². The molecular formula is C14H24N4O5. The standard InChI is InChI=1S/C14H24N4O5/c1-7(12(20)18-9(3)14(22)23)16-11(19)8(2)17-13(21)10-5-4-6-15-10/h7-10,15H,4-6H2,1-3H3,(H,16,19)(H,17,21)(H,18,20)(H,22,23). The fraction of sp³-hybridized carbons (Fsp3) is 0.714. The molecule has 0 radical (unpaired) electrons. The normalized spacial score (nSPS) is 20.9. The molecule has 9 nitrogen and oxygen atoms in total. The molecule has 23 heavy (non-hydrogen) atoms. The summed E-state index contributed by atoms with van der Waals surface area (Å²) in [5.41, 5.74) is 0. The van der Waals surface area contributed by atoms with Gasteiger partial charge in [0, 0.05) is 0 Å². The summed E-state index contributed by atoms with van der Waals surface area (Å²) in [7, 11) is 0. The highest BCUT2D eigenvalue weighted by Gasteiger charge is 2.27. The predicted molar refractivity (Wildman–Crippen MR) is 81.5 cm³/mol. The van der Waals surface area contributed by atoms with Crippen molar-refractivity contribution in [3.05, 3.63) is 0 Å². The lowest BCUT2D eigenvalue weighted by Gasteiger charge is -2.20. The zero-order chi connectivity index (χ0) is 17.6. The Hall–Kier alpha value is -2.16. The number of carbonyl (C=O) groups is 4. The van der Waals surface area contributed by atoms with Gasteiger partial charge in [-0.05, 0) is 40.2 Å². The third-order valence-electron chi connectivity index (χ3n) is 3.61. The lowest BCUT2D eigenvalue weighted by atomic mass is 10.2. The molecule has 0 aromatic rings. The summed E-state index contributed by atoms with van der Waals surface area (Å²) in [6.45, 7) is 5.06. The Morgan fingerprint density at radius 3 is 1.96 bits per heavy atom. The smallest absolute Gasteiger partial charge is 0.325 e. The van der Waals surface area contributed by atoms with Crippen LogP contribution in [0.4, 0.5) is 0 Å². The number of carboxylic acids is 1. The van der Waals surface area contributed by atoms with Crippen LogP contribution >= 0.6 is 0 Å². The van der Waals surface area contributed by atoms with Crippen LogP contribution in [0, 0.1) is 0 Å². The van der Waals surface area contributed by atoms with Crippen LogP contribution in [0.2, 0.25) is 0 Å². The number of carbonyl (C=O) groups excluding carboxylic acids is 3. The Morgan fingerprint density at radius 1 is 0.957 bits per heavy atom. The quantitative estimate of drug-likeness (QED) is 0.379. The van der Waals surface area contributed by atoms with Crippen molar-refractivity contribution in [1.29, 1.82) is 0 Å². The van der Waals surface area contributed by atoms with Crippen LogP contribution in [0.25, 0.3) is 0 Å². The fourth-order valence-electron chi connectivity index (χ4n) is 2.09. The summed E-state index contributed by atoms with van der Waals surface area (Å²) < 4.78 is 0. The lowest BCUT2D eigenvalue weighted by molar-refractivity contribution is -0.141. The first-order chi connectivity index (χ1) is 10.7. The number of nitrogens with one attached hydrogen (secondary N) is 4. The maximum Gasteiger partial charge on any atom is 0.325 e. The van der Waals surface area contributed by atoms with E-state index in [1.54, 1.807) is 0 Å². The molecule has 0 aliphatic carbocycles. The van der Waals surface area contributed by atoms with Gasteiger partial charge in [0.25, 0.3) is 0 Å². The SMILES string of the molecule is CC(NC(=O)C(C)NC(=O)C(C)NC(=O)C1CCCN1)C(=O)O. The summed E-state index contributed by atoms with van der Waals surface area (Å²) >= 11 is 0. The fourth-order valence-corrected chi connectivity index (χ4v) is 2.09. The van der Waals surface area contributed by atoms with Gasteiger partial charge in [0.1, 0.15) is 18.1 Å². The van der Waals surface area contributed by atoms with Crippen molar-refractivity contribution in [3.8, 4) is 0 Å². The zero-order valence-corrected chi connectivity index (χ0v) is 13.5. The molecule has 0 aromatic carbocycles. The van der Waals surface area contributed by atoms with Crippen LogP contribution in [-0.2, 0) is 19.2 Å². The Kier molecular flexibility index (Phi) is 6.95. The van der Waals surface area contributed by atoms with Gasteiger partial charge >= 0.3 is 5.97 Å². The summed E-state index contributed by atoms with van der Waals surface area (Å²) in [5, 5.41) is 19.0. The molecule has 4 unspecified atom stereocenters. The first-order valence-electron chi connectivity index (χ1n) is 7.59. The summed E-state index contributed by atoms with van der Waals surface area (Å²) in [5.74, 6) is -2.53. The molecule has 0 spiro atoms. The summed E-state index contributed by atoms with van der Waals surface area (Å²) in [6.07, 6.45) is 1.64. The molecule has 1 fully saturated rings. The first kappa shape index (κ1) is 18.9. The number of rotatable bonds is 7. The molecule has 1 saturated heterocycles. The van der Waals surface area contributed by atoms with Gasteiger partial charge in [-0.3, -0.25) is 19.2 Å². The second kappa shape index (κ2) is 8.47. The Balaban J connectivity index is 2.42. The lowest BCUT2D eigenvalue weighted by Crippen LogP contribution is -2.55. The third kappa shape index (κ3) is 5.85. The van der Waals surface area contributed by atoms with Crippen LogP contribution in [0.3, 0.4) is 0 Å². The first-order valence-corrected chi connectivity index (χ1v) is 7.59. The number of carboxylic acid groups (broad SMARTS) is 1. The molecule has 0 saturated carbocycles. The van der Waals surface area contributed by atoms with E-state index in [9.17, 15) is 19.2 Å². The number of hydrogen-bond acceptors (Lipinski definition) is 5. The molecule has 9 heteroatoms. The van der Waals surface area contributed by atoms with E-state index < -0.39 is 35.9 Å². The number of aliphatic carboxylic acids is 1. The maximum atomic E-state index is 12.0. The molecule has 5 N–H and O–H groups in total. The Labute approximate surface area is 134 Å². The largest absolute Gasteiger partial charge is 0.480 e. The molecular weight excluding hydrogens is 304 g/mol. The van der Waals surface area contributed by atoms with Gasteiger partial charge in [0.2, 0.25) is 17.7 Å². The highest BCUT2D eigenvalue weighted by atomic mass is 16.4. The van der Waals surface area contributed by atoms with Crippen molar-refractivity contribution in [1.82, 2.24) is 21.3 Å². The highest BCUT2D eigenvalue weighted by molar-refractivity contribution is 5.93. The second-order valence-corrected chi connectivity index (χ2v) is 5.68. The predicted octanol–water partition coefficient (Wildman–Crippen LogP) is -1.66. The molecule has 130 valence electrons. The van der Waals surface area contributed by atoms with E-state index in [1.807, 2.05) is 0 Å². The average molecular weight is 328 g/mol. The van der Waals surface area contributed by atoms with Crippen LogP contribution in [0.5, 0.6) is 0 Å². The van der Waals surface area contributed by atoms with E-state index >= 15 is 0 Å². The van der Waals surface area contributed by atoms with Gasteiger partial charge < -0.3 is 26.4 Å². The number of hydrogen-bond donors (Lipinski definition) is 5. The van der Waals surface area contributed by atoms with Crippen molar-refractivity contribution < 1.29 is 24.3 Å². The van der Waals surface area contributed by atoms with Crippen LogP contribution < -0.4 is 21.3 Å². The Bertz CT molecular complexity index is 476. The third-order valence-corrected chi connectivity index (χ3v) is 3.61. The van der Waals surface area contributed by atoms with Crippen LogP contribution in [0.1, 0.15) is 33.6 Å². The van der Waals surface area contributed by atoms with E-state index in [-0.39, 0.29) is 11.9 Å². The molecule has 4 atom stereocenters. The van der Waals surface area contributed by atoms with Crippen molar-refractivity contribution in [3.63, 3.8) is 0 Å². The monoisotopic (exact) mass is 328 g/mol. The zero-order valence-electron chi connectivity index (χ0n) is 13.5. The number of amides is 3. The second-order valence-electron chi connectivity index (χ2n) is 5.68. The summed E-state index contributed by atoms with van der Waals surface area (Å²) in [4.78, 5) is 46.3. The highest BCUT2D eigenvalue weighted by Crippen LogP contribution is 2.04. The van der Waals surface area contributed by atoms with Gasteiger partial charge in [-0.25, -0.2) is 0 Å². The van der Waals surface area contributed by atoms with Crippen molar-refractivity contribution in [2.24, 2.45) is 0 Å². The minimum absolute atomic E-state index is 0.248. The van der Waals surface area contributed by atoms with Gasteiger partial charge in [0.05, 0.1) is 6.04 Å². The van der Waals surface area contributed by atoms with E-state index in [2.05, 4.69) is 21.3 Å². The molecule has 0 aromatic heterocycles.